The van der Waals surface area contributed by atoms with Crippen molar-refractivity contribution in [2.24, 2.45) is 7.05 Å². The van der Waals surface area contributed by atoms with Crippen LogP contribution in [-0.4, -0.2) is 36.9 Å². The molecular formula is C19H21N5O3. The summed E-state index contributed by atoms with van der Waals surface area (Å²) in [4.78, 5) is 21.6. The second kappa shape index (κ2) is 5.82. The van der Waals surface area contributed by atoms with Crippen LogP contribution in [0.25, 0.3) is 11.2 Å². The number of benzene rings is 1. The number of aliphatic hydroxyl groups is 1. The average molecular weight is 367 g/mol. The van der Waals surface area contributed by atoms with Crippen LogP contribution in [0, 0.1) is 6.92 Å². The van der Waals surface area contributed by atoms with Crippen molar-refractivity contribution in [2.75, 3.05) is 11.9 Å². The first-order valence-corrected chi connectivity index (χ1v) is 9.16. The molecule has 1 aromatic carbocycles. The van der Waals surface area contributed by atoms with Crippen LogP contribution in [-0.2, 0) is 13.5 Å². The summed E-state index contributed by atoms with van der Waals surface area (Å²) in [6.45, 7) is 2.72. The first kappa shape index (κ1) is 16.3. The van der Waals surface area contributed by atoms with Gasteiger partial charge in [0.1, 0.15) is 11.3 Å². The second-order valence-corrected chi connectivity index (χ2v) is 7.39. The van der Waals surface area contributed by atoms with E-state index in [9.17, 15) is 9.90 Å². The van der Waals surface area contributed by atoms with Crippen molar-refractivity contribution in [3.63, 3.8) is 0 Å². The van der Waals surface area contributed by atoms with E-state index in [2.05, 4.69) is 21.4 Å². The van der Waals surface area contributed by atoms with Gasteiger partial charge in [-0.3, -0.25) is 9.13 Å². The molecule has 1 aliphatic heterocycles. The van der Waals surface area contributed by atoms with Crippen LogP contribution in [0.2, 0.25) is 0 Å². The molecule has 2 aliphatic rings. The molecule has 1 fully saturated rings. The van der Waals surface area contributed by atoms with Gasteiger partial charge >= 0.3 is 5.69 Å². The number of aliphatic hydroxyl groups excluding tert-OH is 1. The minimum absolute atomic E-state index is 0.0159. The van der Waals surface area contributed by atoms with Gasteiger partial charge in [0, 0.05) is 25.2 Å². The number of hydrogen-bond donors (Lipinski definition) is 2. The lowest BCUT2D eigenvalue weighted by Crippen LogP contribution is -2.37. The molecule has 8 heteroatoms. The number of anilines is 2. The fraction of sp³-hybridized carbons (Fsp3) is 0.421. The zero-order valence-electron chi connectivity index (χ0n) is 15.3. The Kier molecular flexibility index (Phi) is 3.51. The van der Waals surface area contributed by atoms with Crippen molar-refractivity contribution in [3.05, 3.63) is 39.9 Å². The van der Waals surface area contributed by atoms with Crippen molar-refractivity contribution in [1.82, 2.24) is 19.1 Å². The molecule has 0 atom stereocenters. The van der Waals surface area contributed by atoms with Crippen molar-refractivity contribution < 1.29 is 9.84 Å². The lowest BCUT2D eigenvalue weighted by atomic mass is 9.89. The zero-order valence-corrected chi connectivity index (χ0v) is 15.3. The Morgan fingerprint density at radius 2 is 2.15 bits per heavy atom. The predicted molar refractivity (Wildman–Crippen MR) is 101 cm³/mol. The van der Waals surface area contributed by atoms with E-state index in [1.165, 1.54) is 5.56 Å². The number of fused-ring (bicyclic) bond motifs is 2. The minimum Gasteiger partial charge on any atom is -0.493 e. The van der Waals surface area contributed by atoms with Crippen molar-refractivity contribution in [3.8, 4) is 5.75 Å². The van der Waals surface area contributed by atoms with Crippen molar-refractivity contribution in [1.29, 1.82) is 0 Å². The Balaban J connectivity index is 1.55. The van der Waals surface area contributed by atoms with Gasteiger partial charge in [0.05, 0.1) is 18.9 Å². The average Bonchev–Trinajstić information content (AvgIpc) is 3.16. The number of imidazole rings is 1. The maximum atomic E-state index is 12.6. The van der Waals surface area contributed by atoms with Crippen LogP contribution in [0.4, 0.5) is 11.6 Å². The molecule has 1 aliphatic carbocycles. The molecular weight excluding hydrogens is 346 g/mol. The third-order valence-electron chi connectivity index (χ3n) is 5.57. The maximum Gasteiger partial charge on any atom is 0.330 e. The van der Waals surface area contributed by atoms with Gasteiger partial charge in [-0.2, -0.15) is 4.98 Å². The van der Waals surface area contributed by atoms with E-state index in [1.807, 2.05) is 13.0 Å². The van der Waals surface area contributed by atoms with Gasteiger partial charge in [-0.25, -0.2) is 9.78 Å². The molecule has 0 saturated heterocycles. The molecule has 3 heterocycles. The Morgan fingerprint density at radius 1 is 1.33 bits per heavy atom. The van der Waals surface area contributed by atoms with Crippen LogP contribution in [0.5, 0.6) is 5.75 Å². The molecule has 1 saturated carbocycles. The predicted octanol–water partition coefficient (Wildman–Crippen LogP) is 1.81. The summed E-state index contributed by atoms with van der Waals surface area (Å²) in [7, 11) is 1.72. The van der Waals surface area contributed by atoms with E-state index in [0.29, 0.717) is 36.6 Å². The monoisotopic (exact) mass is 367 g/mol. The van der Waals surface area contributed by atoms with Gasteiger partial charge in [0.25, 0.3) is 0 Å². The standard InChI is InChI=1S/C19H21N5O3/c1-10-5-16-11(3-4-27-16)6-14(10)21-18-20-9-15-17(22-18)24(19(26)23(15)2)12-7-13(25)8-12/h5-6,9,12-13,25H,3-4,7-8H2,1-2H3,(H,20,21,22)/t12-,13+. The minimum atomic E-state index is -0.340. The quantitative estimate of drug-likeness (QED) is 0.733. The number of nitrogens with zero attached hydrogens (tertiary/aromatic N) is 4. The molecule has 0 amide bonds. The largest absolute Gasteiger partial charge is 0.493 e. The molecule has 2 N–H and O–H groups in total. The molecule has 0 radical (unpaired) electrons. The Labute approximate surface area is 155 Å². The highest BCUT2D eigenvalue weighted by atomic mass is 16.5. The van der Waals surface area contributed by atoms with E-state index in [1.54, 1.807) is 22.4 Å². The third kappa shape index (κ3) is 2.51. The Morgan fingerprint density at radius 3 is 2.93 bits per heavy atom. The fourth-order valence-corrected chi connectivity index (χ4v) is 3.88. The highest BCUT2D eigenvalue weighted by Crippen LogP contribution is 2.34. The summed E-state index contributed by atoms with van der Waals surface area (Å²) in [6, 6.07) is 4.08. The molecule has 27 heavy (non-hydrogen) atoms. The first-order chi connectivity index (χ1) is 13.0. The van der Waals surface area contributed by atoms with E-state index in [0.717, 1.165) is 23.4 Å². The SMILES string of the molecule is Cc1cc2c(cc1Nc1ncc3c(n1)n([C@H]1C[C@@H](O)C1)c(=O)n3C)CCO2. The summed E-state index contributed by atoms with van der Waals surface area (Å²) in [5.74, 6) is 1.39. The Bertz CT molecular complexity index is 1110. The van der Waals surface area contributed by atoms with Gasteiger partial charge in [0.2, 0.25) is 5.95 Å². The lowest BCUT2D eigenvalue weighted by Gasteiger charge is -2.31. The second-order valence-electron chi connectivity index (χ2n) is 7.39. The third-order valence-corrected chi connectivity index (χ3v) is 5.57. The van der Waals surface area contributed by atoms with Gasteiger partial charge in [0.15, 0.2) is 5.65 Å². The van der Waals surface area contributed by atoms with Gasteiger partial charge < -0.3 is 15.2 Å². The van der Waals surface area contributed by atoms with Gasteiger partial charge in [-0.1, -0.05) is 0 Å². The molecule has 0 spiro atoms. The number of aromatic nitrogens is 4. The number of aryl methyl sites for hydroxylation is 2. The molecule has 3 aromatic rings. The topological polar surface area (TPSA) is 94.2 Å². The van der Waals surface area contributed by atoms with Crippen LogP contribution in [0.15, 0.2) is 23.1 Å². The van der Waals surface area contributed by atoms with Gasteiger partial charge in [-0.15, -0.1) is 0 Å². The summed E-state index contributed by atoms with van der Waals surface area (Å²) in [5.41, 5.74) is 4.31. The summed E-state index contributed by atoms with van der Waals surface area (Å²) in [5, 5.41) is 12.9. The highest BCUT2D eigenvalue weighted by Gasteiger charge is 2.32. The molecule has 0 bridgehead atoms. The van der Waals surface area contributed by atoms with E-state index < -0.39 is 0 Å². The number of rotatable bonds is 3. The normalized spacial score (nSPS) is 21.0. The summed E-state index contributed by atoms with van der Waals surface area (Å²) >= 11 is 0. The zero-order chi connectivity index (χ0) is 18.7. The Hall–Kier alpha value is -2.87. The molecule has 8 nitrogen and oxygen atoms in total. The van der Waals surface area contributed by atoms with E-state index in [-0.39, 0.29) is 17.8 Å². The van der Waals surface area contributed by atoms with Crippen LogP contribution in [0.3, 0.4) is 0 Å². The smallest absolute Gasteiger partial charge is 0.330 e. The number of hydrogen-bond acceptors (Lipinski definition) is 6. The van der Waals surface area contributed by atoms with Crippen molar-refractivity contribution in [2.45, 2.75) is 38.3 Å². The number of ether oxygens (including phenoxy) is 1. The van der Waals surface area contributed by atoms with E-state index in [4.69, 9.17) is 4.74 Å². The molecule has 140 valence electrons. The van der Waals surface area contributed by atoms with E-state index >= 15 is 0 Å². The maximum absolute atomic E-state index is 12.6. The van der Waals surface area contributed by atoms with Crippen LogP contribution in [0.1, 0.15) is 30.0 Å². The van der Waals surface area contributed by atoms with Crippen LogP contribution < -0.4 is 15.7 Å². The molecule has 0 unspecified atom stereocenters. The highest BCUT2D eigenvalue weighted by molar-refractivity contribution is 5.73. The van der Waals surface area contributed by atoms with Crippen LogP contribution >= 0.6 is 0 Å². The summed E-state index contributed by atoms with van der Waals surface area (Å²) in [6.07, 6.45) is 3.38. The fourth-order valence-electron chi connectivity index (χ4n) is 3.88. The molecule has 5 rings (SSSR count). The molecule has 2 aromatic heterocycles. The van der Waals surface area contributed by atoms with Crippen molar-refractivity contribution >= 4 is 22.8 Å². The number of nitrogens with one attached hydrogen (secondary N) is 1. The lowest BCUT2D eigenvalue weighted by molar-refractivity contribution is 0.0484. The first-order valence-electron chi connectivity index (χ1n) is 9.16. The summed E-state index contributed by atoms with van der Waals surface area (Å²) < 4.78 is 8.84. The van der Waals surface area contributed by atoms with Gasteiger partial charge in [-0.05, 0) is 43.0 Å².